The number of hydrogen-bond acceptors (Lipinski definition) is 5. The van der Waals surface area contributed by atoms with Crippen LogP contribution in [0.2, 0.25) is 0 Å². The topological polar surface area (TPSA) is 83.8 Å². The molecule has 2 N–H and O–H groups in total. The summed E-state index contributed by atoms with van der Waals surface area (Å²) in [6.07, 6.45) is -0.0364. The van der Waals surface area contributed by atoms with Crippen LogP contribution in [-0.2, 0) is 4.79 Å². The number of carboxylic acid groups (broad SMARTS) is 1. The summed E-state index contributed by atoms with van der Waals surface area (Å²) < 4.78 is 5.82. The Hall–Kier alpha value is -2.08. The second kappa shape index (κ2) is 5.50. The van der Waals surface area contributed by atoms with Crippen LogP contribution < -0.4 is 4.74 Å². The van der Waals surface area contributed by atoms with Gasteiger partial charge in [-0.05, 0) is 17.5 Å². The molecule has 5 nitrogen and oxygen atoms in total. The normalized spacial score (nSPS) is 12.3. The van der Waals surface area contributed by atoms with Crippen LogP contribution in [0.4, 0.5) is 0 Å². The van der Waals surface area contributed by atoms with E-state index in [1.165, 1.54) is 31.4 Å². The lowest BCUT2D eigenvalue weighted by Crippen LogP contribution is -2.13. The van der Waals surface area contributed by atoms with Crippen LogP contribution in [-0.4, -0.2) is 29.1 Å². The first-order valence-electron chi connectivity index (χ1n) is 5.99. The third kappa shape index (κ3) is 2.75. The molecule has 0 saturated heterocycles. The van der Waals surface area contributed by atoms with Gasteiger partial charge in [0.1, 0.15) is 0 Å². The summed E-state index contributed by atoms with van der Waals surface area (Å²) in [7, 11) is 1.45. The van der Waals surface area contributed by atoms with Gasteiger partial charge in [0.25, 0.3) is 0 Å². The zero-order valence-corrected chi connectivity index (χ0v) is 11.9. The van der Waals surface area contributed by atoms with Crippen LogP contribution in [0.1, 0.15) is 23.0 Å². The molecule has 0 aliphatic rings. The van der Waals surface area contributed by atoms with Gasteiger partial charge in [0.2, 0.25) is 0 Å². The Bertz CT molecular complexity index is 673. The van der Waals surface area contributed by atoms with Gasteiger partial charge in [0, 0.05) is 17.2 Å². The van der Waals surface area contributed by atoms with Crippen LogP contribution in [0.25, 0.3) is 10.1 Å². The maximum atomic E-state index is 12.0. The van der Waals surface area contributed by atoms with Crippen molar-refractivity contribution >= 4 is 33.2 Å². The van der Waals surface area contributed by atoms with Gasteiger partial charge >= 0.3 is 5.97 Å². The van der Waals surface area contributed by atoms with E-state index < -0.39 is 11.9 Å². The highest BCUT2D eigenvalue weighted by Gasteiger charge is 2.19. The number of methoxy groups -OCH3 is 1. The Labute approximate surface area is 119 Å². The van der Waals surface area contributed by atoms with E-state index in [0.29, 0.717) is 10.6 Å². The van der Waals surface area contributed by atoms with Crippen LogP contribution >= 0.6 is 11.3 Å². The lowest BCUT2D eigenvalue weighted by atomic mass is 10.0. The van der Waals surface area contributed by atoms with Crippen molar-refractivity contribution in [3.8, 4) is 11.5 Å². The summed E-state index contributed by atoms with van der Waals surface area (Å²) in [5, 5.41) is 19.3. The minimum atomic E-state index is -0.987. The van der Waals surface area contributed by atoms with Crippen LogP contribution in [0.15, 0.2) is 18.2 Å². The maximum absolute atomic E-state index is 12.0. The van der Waals surface area contributed by atoms with E-state index in [0.717, 1.165) is 10.1 Å². The lowest BCUT2D eigenvalue weighted by molar-refractivity contribution is -0.141. The van der Waals surface area contributed by atoms with Crippen molar-refractivity contribution in [2.45, 2.75) is 13.3 Å². The number of benzene rings is 1. The Morgan fingerprint density at radius 2 is 2.05 bits per heavy atom. The van der Waals surface area contributed by atoms with Gasteiger partial charge in [-0.1, -0.05) is 6.92 Å². The highest BCUT2D eigenvalue weighted by molar-refractivity contribution is 7.20. The van der Waals surface area contributed by atoms with Gasteiger partial charge in [-0.15, -0.1) is 11.3 Å². The standard InChI is InChI=1S/C14H14O5S/c1-7(14(17)18)3-10(16)13-5-8-4-9(15)11(19-2)6-12(8)20-13/h4-7,15H,3H2,1-2H3,(H,17,18). The van der Waals surface area contributed by atoms with Gasteiger partial charge in [0.05, 0.1) is 17.9 Å². The number of hydrogen-bond donors (Lipinski definition) is 2. The number of ketones is 1. The van der Waals surface area contributed by atoms with Crippen molar-refractivity contribution in [1.29, 1.82) is 0 Å². The largest absolute Gasteiger partial charge is 0.504 e. The van der Waals surface area contributed by atoms with Gasteiger partial charge < -0.3 is 14.9 Å². The van der Waals surface area contributed by atoms with E-state index in [1.54, 1.807) is 12.1 Å². The number of carboxylic acids is 1. The molecule has 1 aromatic carbocycles. The number of carbonyl (C=O) groups excluding carboxylic acids is 1. The molecule has 0 saturated carbocycles. The molecule has 0 bridgehead atoms. The molecule has 1 aromatic heterocycles. The number of Topliss-reactive ketones (excluding diaryl/α,β-unsaturated/α-hetero) is 1. The SMILES string of the molecule is COc1cc2sc(C(=O)CC(C)C(=O)O)cc2cc1O. The van der Waals surface area contributed by atoms with Gasteiger partial charge in [-0.2, -0.15) is 0 Å². The molecule has 0 spiro atoms. The first kappa shape index (κ1) is 14.3. The van der Waals surface area contributed by atoms with Crippen LogP contribution in [0, 0.1) is 5.92 Å². The number of phenolic OH excluding ortho intramolecular Hbond substituents is 1. The highest BCUT2D eigenvalue weighted by Crippen LogP contribution is 2.36. The van der Waals surface area contributed by atoms with Crippen molar-refractivity contribution in [3.63, 3.8) is 0 Å². The predicted molar refractivity (Wildman–Crippen MR) is 75.8 cm³/mol. The number of carbonyl (C=O) groups is 2. The quantitative estimate of drug-likeness (QED) is 0.828. The minimum absolute atomic E-state index is 0.00991. The van der Waals surface area contributed by atoms with E-state index >= 15 is 0 Å². The average molecular weight is 294 g/mol. The van der Waals surface area contributed by atoms with Crippen LogP contribution in [0.3, 0.4) is 0 Å². The lowest BCUT2D eigenvalue weighted by Gasteiger charge is -2.02. The molecule has 6 heteroatoms. The Kier molecular flexibility index (Phi) is 3.94. The first-order valence-corrected chi connectivity index (χ1v) is 6.80. The molecule has 106 valence electrons. The van der Waals surface area contributed by atoms with Crippen molar-refractivity contribution in [2.24, 2.45) is 5.92 Å². The van der Waals surface area contributed by atoms with E-state index in [9.17, 15) is 14.7 Å². The van der Waals surface area contributed by atoms with E-state index in [2.05, 4.69) is 0 Å². The number of phenols is 1. The molecule has 0 aliphatic carbocycles. The van der Waals surface area contributed by atoms with E-state index in [-0.39, 0.29) is 18.0 Å². The second-order valence-electron chi connectivity index (χ2n) is 4.54. The Morgan fingerprint density at radius 3 is 2.65 bits per heavy atom. The van der Waals surface area contributed by atoms with Crippen molar-refractivity contribution in [3.05, 3.63) is 23.1 Å². The first-order chi connectivity index (χ1) is 9.42. The summed E-state index contributed by atoms with van der Waals surface area (Å²) in [5.74, 6) is -1.55. The van der Waals surface area contributed by atoms with Crippen molar-refractivity contribution in [2.75, 3.05) is 7.11 Å². The summed E-state index contributed by atoms with van der Waals surface area (Å²) in [4.78, 5) is 23.3. The summed E-state index contributed by atoms with van der Waals surface area (Å²) >= 11 is 1.26. The number of ether oxygens (including phenoxy) is 1. The molecule has 1 unspecified atom stereocenters. The molecule has 1 heterocycles. The number of thiophene rings is 1. The fourth-order valence-electron chi connectivity index (χ4n) is 1.82. The second-order valence-corrected chi connectivity index (χ2v) is 5.62. The number of rotatable bonds is 5. The molecule has 0 radical (unpaired) electrons. The minimum Gasteiger partial charge on any atom is -0.504 e. The van der Waals surface area contributed by atoms with Gasteiger partial charge in [-0.25, -0.2) is 0 Å². The third-order valence-electron chi connectivity index (χ3n) is 3.01. The maximum Gasteiger partial charge on any atom is 0.306 e. The number of aliphatic carboxylic acids is 1. The molecule has 0 fully saturated rings. The fraction of sp³-hybridized carbons (Fsp3) is 0.286. The predicted octanol–water partition coefficient (Wildman–Crippen LogP) is 2.91. The van der Waals surface area contributed by atoms with E-state index in [1.807, 2.05) is 0 Å². The number of aromatic hydroxyl groups is 1. The van der Waals surface area contributed by atoms with Crippen molar-refractivity contribution < 1.29 is 24.5 Å². The van der Waals surface area contributed by atoms with Gasteiger partial charge in [0.15, 0.2) is 17.3 Å². The van der Waals surface area contributed by atoms with Crippen LogP contribution in [0.5, 0.6) is 11.5 Å². The van der Waals surface area contributed by atoms with Crippen molar-refractivity contribution in [1.82, 2.24) is 0 Å². The summed E-state index contributed by atoms with van der Waals surface area (Å²) in [6.45, 7) is 1.50. The Morgan fingerprint density at radius 1 is 1.35 bits per heavy atom. The fourth-order valence-corrected chi connectivity index (χ4v) is 2.84. The molecule has 2 aromatic rings. The number of fused-ring (bicyclic) bond motifs is 1. The van der Waals surface area contributed by atoms with E-state index in [4.69, 9.17) is 9.84 Å². The highest BCUT2D eigenvalue weighted by atomic mass is 32.1. The molecule has 2 rings (SSSR count). The molecule has 0 amide bonds. The molecule has 0 aliphatic heterocycles. The summed E-state index contributed by atoms with van der Waals surface area (Å²) in [6, 6.07) is 4.85. The molecule has 1 atom stereocenters. The molecular weight excluding hydrogens is 280 g/mol. The third-order valence-corrected chi connectivity index (χ3v) is 4.14. The zero-order valence-electron chi connectivity index (χ0n) is 11.0. The Balaban J connectivity index is 2.32. The molecular formula is C14H14O5S. The summed E-state index contributed by atoms with van der Waals surface area (Å²) in [5.41, 5.74) is 0. The monoisotopic (exact) mass is 294 g/mol. The van der Waals surface area contributed by atoms with Gasteiger partial charge in [-0.3, -0.25) is 9.59 Å². The zero-order chi connectivity index (χ0) is 14.9. The smallest absolute Gasteiger partial charge is 0.306 e. The average Bonchev–Trinajstić information content (AvgIpc) is 2.80. The molecule has 20 heavy (non-hydrogen) atoms.